The van der Waals surface area contributed by atoms with Crippen LogP contribution in [0.15, 0.2) is 47.1 Å². The van der Waals surface area contributed by atoms with E-state index in [1.54, 1.807) is 13.0 Å². The van der Waals surface area contributed by atoms with Crippen molar-refractivity contribution in [3.8, 4) is 0 Å². The summed E-state index contributed by atoms with van der Waals surface area (Å²) in [6.07, 6.45) is 14.3. The van der Waals surface area contributed by atoms with Crippen molar-refractivity contribution in [2.75, 3.05) is 0 Å². The Labute approximate surface area is 138 Å². The van der Waals surface area contributed by atoms with Crippen LogP contribution in [0.2, 0.25) is 0 Å². The van der Waals surface area contributed by atoms with Gasteiger partial charge in [0, 0.05) is 10.8 Å². The van der Waals surface area contributed by atoms with Crippen molar-refractivity contribution in [2.24, 2.45) is 22.7 Å². The van der Waals surface area contributed by atoms with E-state index in [1.165, 1.54) is 11.1 Å². The zero-order valence-electron chi connectivity index (χ0n) is 14.2. The molecule has 0 unspecified atom stereocenters. The van der Waals surface area contributed by atoms with Crippen LogP contribution >= 0.6 is 0 Å². The van der Waals surface area contributed by atoms with Crippen molar-refractivity contribution < 1.29 is 9.59 Å². The van der Waals surface area contributed by atoms with Crippen molar-refractivity contribution in [2.45, 2.75) is 46.5 Å². The molecule has 4 aliphatic rings. The Bertz CT molecular complexity index is 733. The van der Waals surface area contributed by atoms with E-state index < -0.39 is 0 Å². The maximum atomic E-state index is 12.0. The second-order valence-corrected chi connectivity index (χ2v) is 8.05. The van der Waals surface area contributed by atoms with Gasteiger partial charge in [-0.15, -0.1) is 0 Å². The van der Waals surface area contributed by atoms with Crippen LogP contribution in [0.5, 0.6) is 0 Å². The smallest absolute Gasteiger partial charge is 0.178 e. The molecule has 23 heavy (non-hydrogen) atoms. The molecule has 1 fully saturated rings. The highest BCUT2D eigenvalue weighted by molar-refractivity contribution is 6.01. The van der Waals surface area contributed by atoms with Crippen molar-refractivity contribution in [3.05, 3.63) is 47.1 Å². The first kappa shape index (κ1) is 14.9. The molecular formula is C21H24O2. The van der Waals surface area contributed by atoms with Crippen LogP contribution in [0.4, 0.5) is 0 Å². The van der Waals surface area contributed by atoms with Gasteiger partial charge in [0.1, 0.15) is 0 Å². The number of allylic oxidation sites excluding steroid dienone is 8. The van der Waals surface area contributed by atoms with Crippen LogP contribution in [0, 0.1) is 22.7 Å². The minimum absolute atomic E-state index is 0.00573. The van der Waals surface area contributed by atoms with Gasteiger partial charge < -0.3 is 0 Å². The predicted octanol–water partition coefficient (Wildman–Crippen LogP) is 4.34. The highest BCUT2D eigenvalue weighted by Crippen LogP contribution is 2.62. The summed E-state index contributed by atoms with van der Waals surface area (Å²) in [6.45, 7) is 6.24. The molecule has 2 heteroatoms. The second kappa shape index (κ2) is 4.66. The quantitative estimate of drug-likeness (QED) is 0.675. The SMILES string of the molecule is CC(=O)C1=CC[C@@H]2[C@H]3CCC4=CC(=O)C=C[C@]4(C)C3=CC[C@]12C. The summed E-state index contributed by atoms with van der Waals surface area (Å²) < 4.78 is 0. The summed E-state index contributed by atoms with van der Waals surface area (Å²) in [4.78, 5) is 23.8. The average Bonchev–Trinajstić information content (AvgIpc) is 2.85. The lowest BCUT2D eigenvalue weighted by molar-refractivity contribution is -0.115. The summed E-state index contributed by atoms with van der Waals surface area (Å²) in [5, 5.41) is 0. The van der Waals surface area contributed by atoms with Gasteiger partial charge in [-0.1, -0.05) is 36.3 Å². The van der Waals surface area contributed by atoms with E-state index in [1.807, 2.05) is 6.08 Å². The van der Waals surface area contributed by atoms with Gasteiger partial charge >= 0.3 is 0 Å². The first-order valence-electron chi connectivity index (χ1n) is 8.72. The summed E-state index contributed by atoms with van der Waals surface area (Å²) in [7, 11) is 0. The Morgan fingerprint density at radius 2 is 2.04 bits per heavy atom. The molecule has 0 saturated heterocycles. The largest absolute Gasteiger partial charge is 0.295 e. The number of rotatable bonds is 1. The topological polar surface area (TPSA) is 34.1 Å². The molecule has 0 aromatic rings. The lowest BCUT2D eigenvalue weighted by atomic mass is 9.52. The molecule has 1 saturated carbocycles. The molecule has 0 aromatic carbocycles. The first-order chi connectivity index (χ1) is 10.9. The Balaban J connectivity index is 1.77. The fourth-order valence-corrected chi connectivity index (χ4v) is 5.65. The molecule has 0 heterocycles. The molecule has 0 N–H and O–H groups in total. The van der Waals surface area contributed by atoms with E-state index in [-0.39, 0.29) is 22.4 Å². The molecule has 120 valence electrons. The van der Waals surface area contributed by atoms with Crippen LogP contribution < -0.4 is 0 Å². The molecule has 0 bridgehead atoms. The van der Waals surface area contributed by atoms with Gasteiger partial charge in [0.15, 0.2) is 11.6 Å². The lowest BCUT2D eigenvalue weighted by Gasteiger charge is -2.51. The third kappa shape index (κ3) is 1.87. The van der Waals surface area contributed by atoms with Gasteiger partial charge in [0.05, 0.1) is 0 Å². The minimum Gasteiger partial charge on any atom is -0.295 e. The fraction of sp³-hybridized carbons (Fsp3) is 0.524. The first-order valence-corrected chi connectivity index (χ1v) is 8.72. The van der Waals surface area contributed by atoms with Gasteiger partial charge in [-0.3, -0.25) is 9.59 Å². The molecule has 2 nitrogen and oxygen atoms in total. The van der Waals surface area contributed by atoms with E-state index in [0.29, 0.717) is 11.8 Å². The second-order valence-electron chi connectivity index (χ2n) is 8.05. The molecule has 0 aliphatic heterocycles. The normalized spacial score (nSPS) is 41.3. The summed E-state index contributed by atoms with van der Waals surface area (Å²) >= 11 is 0. The average molecular weight is 308 g/mol. The van der Waals surface area contributed by atoms with Gasteiger partial charge in [-0.05, 0) is 69.1 Å². The fourth-order valence-electron chi connectivity index (χ4n) is 5.65. The van der Waals surface area contributed by atoms with Crippen LogP contribution in [0.1, 0.15) is 46.5 Å². The number of hydrogen-bond donors (Lipinski definition) is 0. The number of fused-ring (bicyclic) bond motifs is 5. The highest BCUT2D eigenvalue weighted by Gasteiger charge is 2.53. The van der Waals surface area contributed by atoms with Crippen LogP contribution in [-0.4, -0.2) is 11.6 Å². The molecule has 4 rings (SSSR count). The third-order valence-corrected chi connectivity index (χ3v) is 6.91. The Hall–Kier alpha value is -1.70. The minimum atomic E-state index is -0.0862. The van der Waals surface area contributed by atoms with Crippen molar-refractivity contribution in [3.63, 3.8) is 0 Å². The summed E-state index contributed by atoms with van der Waals surface area (Å²) in [5.74, 6) is 1.42. The van der Waals surface area contributed by atoms with E-state index in [4.69, 9.17) is 0 Å². The molecular weight excluding hydrogens is 284 g/mol. The standard InChI is InChI=1S/C21H24O2/c1-13(22)17-6-7-18-16-5-4-14-12-15(23)8-10-20(14,2)19(16)9-11-21(17,18)3/h6,8-10,12,16,18H,4-5,7,11H2,1-3H3/t16-,18-,20+,21-/m1/s1. The molecule has 0 radical (unpaired) electrons. The number of Topliss-reactive ketones (excluding diaryl/α,β-unsaturated/α-hetero) is 1. The maximum Gasteiger partial charge on any atom is 0.178 e. The van der Waals surface area contributed by atoms with Gasteiger partial charge in [-0.25, -0.2) is 0 Å². The molecule has 0 spiro atoms. The van der Waals surface area contributed by atoms with E-state index in [9.17, 15) is 9.59 Å². The van der Waals surface area contributed by atoms with Crippen LogP contribution in [0.25, 0.3) is 0 Å². The van der Waals surface area contributed by atoms with E-state index >= 15 is 0 Å². The Kier molecular flexibility index (Phi) is 3.01. The summed E-state index contributed by atoms with van der Waals surface area (Å²) in [6, 6.07) is 0. The number of carbonyl (C=O) groups excluding carboxylic acids is 2. The van der Waals surface area contributed by atoms with Gasteiger partial charge in [0.25, 0.3) is 0 Å². The molecule has 4 aliphatic carbocycles. The monoisotopic (exact) mass is 308 g/mol. The Morgan fingerprint density at radius 1 is 1.26 bits per heavy atom. The third-order valence-electron chi connectivity index (χ3n) is 6.91. The van der Waals surface area contributed by atoms with E-state index in [0.717, 1.165) is 31.3 Å². The van der Waals surface area contributed by atoms with Crippen LogP contribution in [-0.2, 0) is 9.59 Å². The van der Waals surface area contributed by atoms with Crippen LogP contribution in [0.3, 0.4) is 0 Å². The highest BCUT2D eigenvalue weighted by atomic mass is 16.1. The van der Waals surface area contributed by atoms with Crippen molar-refractivity contribution in [1.82, 2.24) is 0 Å². The number of hydrogen-bond acceptors (Lipinski definition) is 2. The molecule has 0 aromatic heterocycles. The van der Waals surface area contributed by atoms with Crippen molar-refractivity contribution in [1.29, 1.82) is 0 Å². The van der Waals surface area contributed by atoms with Gasteiger partial charge in [-0.2, -0.15) is 0 Å². The lowest BCUT2D eigenvalue weighted by Crippen LogP contribution is -2.43. The predicted molar refractivity (Wildman–Crippen MR) is 90.7 cm³/mol. The summed E-state index contributed by atoms with van der Waals surface area (Å²) in [5.41, 5.74) is 3.72. The Morgan fingerprint density at radius 3 is 2.78 bits per heavy atom. The molecule has 4 atom stereocenters. The number of ketones is 2. The maximum absolute atomic E-state index is 12.0. The number of carbonyl (C=O) groups is 2. The van der Waals surface area contributed by atoms with Crippen molar-refractivity contribution >= 4 is 11.6 Å². The van der Waals surface area contributed by atoms with E-state index in [2.05, 4.69) is 32.1 Å². The zero-order valence-corrected chi connectivity index (χ0v) is 14.2. The van der Waals surface area contributed by atoms with Gasteiger partial charge in [0.2, 0.25) is 0 Å². The zero-order chi connectivity index (χ0) is 16.4. The molecule has 0 amide bonds.